The molecule has 6 nitrogen and oxygen atoms in total. The summed E-state index contributed by atoms with van der Waals surface area (Å²) in [4.78, 5) is 21.8. The Morgan fingerprint density at radius 1 is 1.23 bits per heavy atom. The predicted octanol–water partition coefficient (Wildman–Crippen LogP) is 2.90. The molecule has 0 aliphatic carbocycles. The minimum absolute atomic E-state index is 0.00183. The molecule has 0 heterocycles. The quantitative estimate of drug-likeness (QED) is 0.465. The summed E-state index contributed by atoms with van der Waals surface area (Å²) in [5.41, 5.74) is 1.35. The highest BCUT2D eigenvalue weighted by molar-refractivity contribution is 5.83. The maximum atomic E-state index is 11.7. The predicted molar refractivity (Wildman–Crippen MR) is 79.3 cm³/mol. The molecule has 0 fully saturated rings. The highest BCUT2D eigenvalue weighted by Crippen LogP contribution is 2.15. The number of ether oxygens (including phenoxy) is 2. The maximum absolute atomic E-state index is 11.7. The van der Waals surface area contributed by atoms with Gasteiger partial charge in [-0.2, -0.15) is 0 Å². The van der Waals surface area contributed by atoms with Gasteiger partial charge in [-0.1, -0.05) is 12.1 Å². The van der Waals surface area contributed by atoms with Gasteiger partial charge < -0.3 is 9.47 Å². The van der Waals surface area contributed by atoms with E-state index in [-0.39, 0.29) is 12.3 Å². The Morgan fingerprint density at radius 3 is 2.59 bits per heavy atom. The first-order valence-corrected chi connectivity index (χ1v) is 6.47. The fourth-order valence-electron chi connectivity index (χ4n) is 1.78. The smallest absolute Gasteiger partial charge is 0.314 e. The van der Waals surface area contributed by atoms with E-state index in [9.17, 15) is 14.9 Å². The zero-order valence-corrected chi connectivity index (χ0v) is 11.9. The number of esters is 1. The molecule has 1 radical (unpaired) electrons. The van der Waals surface area contributed by atoms with Crippen molar-refractivity contribution in [2.45, 2.75) is 6.61 Å². The summed E-state index contributed by atoms with van der Waals surface area (Å²) < 4.78 is 10.2. The molecular weight excluding hydrogens is 286 g/mol. The molecule has 0 aliphatic rings. The van der Waals surface area contributed by atoms with Crippen LogP contribution >= 0.6 is 0 Å². The molecule has 0 atom stereocenters. The number of hydrogen-bond acceptors (Lipinski definition) is 5. The van der Waals surface area contributed by atoms with Crippen molar-refractivity contribution in [1.82, 2.24) is 0 Å². The first-order chi connectivity index (χ1) is 10.6. The minimum atomic E-state index is -0.494. The number of nitro groups is 1. The molecule has 0 spiro atoms. The topological polar surface area (TPSA) is 78.7 Å². The Kier molecular flexibility index (Phi) is 5.08. The van der Waals surface area contributed by atoms with Gasteiger partial charge in [0.05, 0.1) is 18.5 Å². The minimum Gasteiger partial charge on any atom is -0.497 e. The fraction of sp³-hybridized carbons (Fsp3) is 0.125. The van der Waals surface area contributed by atoms with Crippen molar-refractivity contribution >= 4 is 11.7 Å². The number of carbonyl (C=O) groups excluding carboxylic acids is 1. The van der Waals surface area contributed by atoms with E-state index < -0.39 is 10.9 Å². The van der Waals surface area contributed by atoms with E-state index >= 15 is 0 Å². The molecule has 0 saturated heterocycles. The van der Waals surface area contributed by atoms with Crippen molar-refractivity contribution in [3.05, 3.63) is 76.2 Å². The molecule has 0 aromatic heterocycles. The molecule has 22 heavy (non-hydrogen) atoms. The van der Waals surface area contributed by atoms with Gasteiger partial charge in [0.1, 0.15) is 12.4 Å². The number of nitrogens with zero attached hydrogens (tertiary/aromatic N) is 1. The van der Waals surface area contributed by atoms with Crippen LogP contribution in [0.1, 0.15) is 11.1 Å². The molecule has 113 valence electrons. The second kappa shape index (κ2) is 7.21. The fourth-order valence-corrected chi connectivity index (χ4v) is 1.78. The van der Waals surface area contributed by atoms with Gasteiger partial charge >= 0.3 is 5.97 Å². The zero-order chi connectivity index (χ0) is 15.9. The highest BCUT2D eigenvalue weighted by Gasteiger charge is 2.08. The van der Waals surface area contributed by atoms with E-state index in [1.807, 2.05) is 0 Å². The standard InChI is InChI=1S/C16H14NO5/c1-21-15-4-2-3-13(9-15)10-16(18)22-11-12-5-7-14(8-6-12)17(19)20/h2-10H,11H2,1H3. The Morgan fingerprint density at radius 2 is 1.95 bits per heavy atom. The highest BCUT2D eigenvalue weighted by atomic mass is 16.6. The number of rotatable bonds is 6. The summed E-state index contributed by atoms with van der Waals surface area (Å²) in [5.74, 6) is 0.156. The average Bonchev–Trinajstić information content (AvgIpc) is 2.53. The lowest BCUT2D eigenvalue weighted by Crippen LogP contribution is -2.06. The largest absolute Gasteiger partial charge is 0.497 e. The molecule has 0 saturated carbocycles. The van der Waals surface area contributed by atoms with Gasteiger partial charge in [-0.15, -0.1) is 0 Å². The number of benzene rings is 2. The van der Waals surface area contributed by atoms with Crippen LogP contribution in [0.15, 0.2) is 48.5 Å². The Balaban J connectivity index is 1.88. The molecule has 6 heteroatoms. The normalized spacial score (nSPS) is 10.0. The molecule has 0 N–H and O–H groups in total. The summed E-state index contributed by atoms with van der Waals surface area (Å²) in [5, 5.41) is 10.5. The van der Waals surface area contributed by atoms with Crippen LogP contribution in [-0.2, 0) is 16.1 Å². The Bertz CT molecular complexity index is 666. The van der Waals surface area contributed by atoms with Crippen molar-refractivity contribution in [1.29, 1.82) is 0 Å². The average molecular weight is 300 g/mol. The van der Waals surface area contributed by atoms with Crippen molar-refractivity contribution in [3.8, 4) is 5.75 Å². The van der Waals surface area contributed by atoms with Gasteiger partial charge in [0.25, 0.3) is 5.69 Å². The third-order valence-corrected chi connectivity index (χ3v) is 2.91. The second-order valence-electron chi connectivity index (χ2n) is 4.45. The first kappa shape index (κ1) is 15.5. The van der Waals surface area contributed by atoms with Crippen LogP contribution in [0.4, 0.5) is 5.69 Å². The van der Waals surface area contributed by atoms with E-state index in [1.165, 1.54) is 18.6 Å². The van der Waals surface area contributed by atoms with Gasteiger partial charge in [-0.25, -0.2) is 0 Å². The summed E-state index contributed by atoms with van der Waals surface area (Å²) in [7, 11) is 1.55. The molecule has 2 aromatic rings. The van der Waals surface area contributed by atoms with Crippen LogP contribution < -0.4 is 4.74 Å². The summed E-state index contributed by atoms with van der Waals surface area (Å²) >= 11 is 0. The van der Waals surface area contributed by atoms with Crippen molar-refractivity contribution < 1.29 is 19.2 Å². The van der Waals surface area contributed by atoms with Crippen LogP contribution in [0, 0.1) is 16.5 Å². The lowest BCUT2D eigenvalue weighted by Gasteiger charge is -2.06. The molecule has 2 rings (SSSR count). The van der Waals surface area contributed by atoms with E-state index in [2.05, 4.69) is 0 Å². The molecule has 0 unspecified atom stereocenters. The number of methoxy groups -OCH3 is 1. The SMILES string of the molecule is COc1cccc([CH]C(=O)OCc2ccc([N+](=O)[O-])cc2)c1. The van der Waals surface area contributed by atoms with Gasteiger partial charge in [0.2, 0.25) is 0 Å². The molecule has 0 bridgehead atoms. The lowest BCUT2D eigenvalue weighted by atomic mass is 10.1. The summed E-state index contributed by atoms with van der Waals surface area (Å²) in [6.07, 6.45) is 1.36. The van der Waals surface area contributed by atoms with Crippen LogP contribution in [0.5, 0.6) is 5.75 Å². The maximum Gasteiger partial charge on any atom is 0.314 e. The summed E-state index contributed by atoms with van der Waals surface area (Å²) in [6.45, 7) is 0.0529. The first-order valence-electron chi connectivity index (χ1n) is 6.47. The monoisotopic (exact) mass is 300 g/mol. The van der Waals surface area contributed by atoms with E-state index in [4.69, 9.17) is 9.47 Å². The number of nitro benzene ring substituents is 1. The van der Waals surface area contributed by atoms with Crippen LogP contribution in [0.25, 0.3) is 0 Å². The van der Waals surface area contributed by atoms with E-state index in [0.29, 0.717) is 16.9 Å². The zero-order valence-electron chi connectivity index (χ0n) is 11.9. The molecular formula is C16H14NO5. The second-order valence-corrected chi connectivity index (χ2v) is 4.45. The van der Waals surface area contributed by atoms with Crippen LogP contribution in [0.3, 0.4) is 0 Å². The van der Waals surface area contributed by atoms with E-state index in [1.54, 1.807) is 43.5 Å². The van der Waals surface area contributed by atoms with Crippen LogP contribution in [-0.4, -0.2) is 18.0 Å². The third-order valence-electron chi connectivity index (χ3n) is 2.91. The van der Waals surface area contributed by atoms with Gasteiger partial charge in [-0.05, 0) is 35.4 Å². The molecule has 0 aliphatic heterocycles. The molecule has 2 aromatic carbocycles. The van der Waals surface area contributed by atoms with Gasteiger partial charge in [-0.3, -0.25) is 14.9 Å². The van der Waals surface area contributed by atoms with Gasteiger partial charge in [0, 0.05) is 12.1 Å². The van der Waals surface area contributed by atoms with Crippen molar-refractivity contribution in [2.24, 2.45) is 0 Å². The lowest BCUT2D eigenvalue weighted by molar-refractivity contribution is -0.384. The number of non-ortho nitro benzene ring substituents is 1. The van der Waals surface area contributed by atoms with Gasteiger partial charge in [0.15, 0.2) is 0 Å². The third kappa shape index (κ3) is 4.31. The Hall–Kier alpha value is -2.89. The van der Waals surface area contributed by atoms with Crippen molar-refractivity contribution in [3.63, 3.8) is 0 Å². The summed E-state index contributed by atoms with van der Waals surface area (Å²) in [6, 6.07) is 12.9. The van der Waals surface area contributed by atoms with E-state index in [0.717, 1.165) is 0 Å². The van der Waals surface area contributed by atoms with Crippen LogP contribution in [0.2, 0.25) is 0 Å². The van der Waals surface area contributed by atoms with Crippen molar-refractivity contribution in [2.75, 3.05) is 7.11 Å². The molecule has 0 amide bonds. The number of hydrogen-bond donors (Lipinski definition) is 0. The number of carbonyl (C=O) groups is 1. The Labute approximate surface area is 127 Å².